The molecule has 0 atom stereocenters. The maximum atomic E-state index is 14.0. The third-order valence-electron chi connectivity index (χ3n) is 3.51. The van der Waals surface area contributed by atoms with Gasteiger partial charge in [-0.1, -0.05) is 0 Å². The van der Waals surface area contributed by atoms with E-state index in [1.807, 2.05) is 4.90 Å². The topological polar surface area (TPSA) is 58.3 Å². The van der Waals surface area contributed by atoms with Crippen molar-refractivity contribution in [2.75, 3.05) is 44.2 Å². The Hall–Kier alpha value is -1.27. The number of halogens is 1. The van der Waals surface area contributed by atoms with E-state index in [4.69, 9.17) is 5.73 Å². The Morgan fingerprint density at radius 1 is 1.26 bits per heavy atom. The smallest absolute Gasteiger partial charge is 0.186 e. The Labute approximate surface area is 113 Å². The molecule has 2 rings (SSSR count). The lowest BCUT2D eigenvalue weighted by molar-refractivity contribution is 0.291. The van der Waals surface area contributed by atoms with E-state index in [-0.39, 0.29) is 5.82 Å². The first kappa shape index (κ1) is 14.1. The van der Waals surface area contributed by atoms with Crippen molar-refractivity contribution in [2.24, 2.45) is 5.73 Å². The first-order valence-corrected chi connectivity index (χ1v) is 6.87. The molecule has 1 aliphatic heterocycles. The van der Waals surface area contributed by atoms with E-state index in [1.54, 1.807) is 6.92 Å². The lowest BCUT2D eigenvalue weighted by Crippen LogP contribution is -2.33. The van der Waals surface area contributed by atoms with Crippen LogP contribution >= 0.6 is 0 Å². The molecule has 1 aromatic rings. The quantitative estimate of drug-likeness (QED) is 0.874. The van der Waals surface area contributed by atoms with Gasteiger partial charge in [-0.3, -0.25) is 0 Å². The van der Waals surface area contributed by atoms with E-state index in [1.165, 1.54) is 6.33 Å². The lowest BCUT2D eigenvalue weighted by Gasteiger charge is -2.23. The molecule has 6 heteroatoms. The van der Waals surface area contributed by atoms with Crippen LogP contribution < -0.4 is 10.6 Å². The van der Waals surface area contributed by atoms with Crippen LogP contribution in [0.5, 0.6) is 0 Å². The van der Waals surface area contributed by atoms with Crippen LogP contribution in [-0.4, -0.2) is 54.1 Å². The van der Waals surface area contributed by atoms with Crippen molar-refractivity contribution in [2.45, 2.75) is 19.8 Å². The summed E-state index contributed by atoms with van der Waals surface area (Å²) < 4.78 is 14.0. The molecule has 1 aromatic heterocycles. The van der Waals surface area contributed by atoms with Gasteiger partial charge in [-0.2, -0.15) is 0 Å². The highest BCUT2D eigenvalue weighted by atomic mass is 19.1. The van der Waals surface area contributed by atoms with Crippen molar-refractivity contribution in [1.29, 1.82) is 0 Å². The van der Waals surface area contributed by atoms with E-state index in [0.717, 1.165) is 52.1 Å². The molecular weight excluding hydrogens is 245 g/mol. The second kappa shape index (κ2) is 6.77. The van der Waals surface area contributed by atoms with Crippen molar-refractivity contribution in [1.82, 2.24) is 14.9 Å². The van der Waals surface area contributed by atoms with Gasteiger partial charge in [-0.25, -0.2) is 14.4 Å². The SMILES string of the molecule is Cc1ncnc(N2CCCN(CCCN)CC2)c1F. The molecule has 0 bridgehead atoms. The summed E-state index contributed by atoms with van der Waals surface area (Å²) >= 11 is 0. The van der Waals surface area contributed by atoms with Crippen LogP contribution in [0, 0.1) is 12.7 Å². The normalized spacial score (nSPS) is 17.5. The zero-order chi connectivity index (χ0) is 13.7. The maximum Gasteiger partial charge on any atom is 0.186 e. The van der Waals surface area contributed by atoms with Crippen LogP contribution in [0.3, 0.4) is 0 Å². The average Bonchev–Trinajstić information content (AvgIpc) is 2.65. The minimum Gasteiger partial charge on any atom is -0.353 e. The Morgan fingerprint density at radius 2 is 2.11 bits per heavy atom. The minimum absolute atomic E-state index is 0.294. The fourth-order valence-corrected chi connectivity index (χ4v) is 2.39. The summed E-state index contributed by atoms with van der Waals surface area (Å²) in [5.74, 6) is 0.145. The minimum atomic E-state index is -0.294. The lowest BCUT2D eigenvalue weighted by atomic mass is 10.3. The molecule has 1 fully saturated rings. The summed E-state index contributed by atoms with van der Waals surface area (Å²) in [6.07, 6.45) is 3.47. The van der Waals surface area contributed by atoms with Crippen molar-refractivity contribution < 1.29 is 4.39 Å². The van der Waals surface area contributed by atoms with E-state index < -0.39 is 0 Å². The van der Waals surface area contributed by atoms with Crippen molar-refractivity contribution in [3.8, 4) is 0 Å². The summed E-state index contributed by atoms with van der Waals surface area (Å²) in [6.45, 7) is 7.04. The molecule has 0 unspecified atom stereocenters. The molecule has 2 N–H and O–H groups in total. The molecule has 2 heterocycles. The molecular formula is C13H22FN5. The molecule has 0 saturated carbocycles. The Morgan fingerprint density at radius 3 is 2.89 bits per heavy atom. The first-order valence-electron chi connectivity index (χ1n) is 6.87. The van der Waals surface area contributed by atoms with Crippen LogP contribution in [0.15, 0.2) is 6.33 Å². The van der Waals surface area contributed by atoms with Gasteiger partial charge in [0, 0.05) is 19.6 Å². The van der Waals surface area contributed by atoms with Crippen LogP contribution in [0.2, 0.25) is 0 Å². The Kier molecular flexibility index (Phi) is 5.04. The summed E-state index contributed by atoms with van der Waals surface area (Å²) in [6, 6.07) is 0. The van der Waals surface area contributed by atoms with Crippen molar-refractivity contribution in [3.05, 3.63) is 17.8 Å². The molecule has 106 valence electrons. The van der Waals surface area contributed by atoms with Crippen molar-refractivity contribution >= 4 is 5.82 Å². The van der Waals surface area contributed by atoms with Gasteiger partial charge in [-0.05, 0) is 39.4 Å². The molecule has 0 aliphatic carbocycles. The zero-order valence-electron chi connectivity index (χ0n) is 11.5. The summed E-state index contributed by atoms with van der Waals surface area (Å²) in [5, 5.41) is 0. The second-order valence-corrected chi connectivity index (χ2v) is 4.92. The molecule has 0 radical (unpaired) electrons. The molecule has 1 saturated heterocycles. The Bertz CT molecular complexity index is 412. The molecule has 1 aliphatic rings. The van der Waals surface area contributed by atoms with Crippen LogP contribution in [-0.2, 0) is 0 Å². The van der Waals surface area contributed by atoms with E-state index in [0.29, 0.717) is 11.5 Å². The highest BCUT2D eigenvalue weighted by Crippen LogP contribution is 2.19. The molecule has 0 aromatic carbocycles. The molecule has 5 nitrogen and oxygen atoms in total. The van der Waals surface area contributed by atoms with Gasteiger partial charge in [0.1, 0.15) is 6.33 Å². The number of nitrogens with zero attached hydrogens (tertiary/aromatic N) is 4. The van der Waals surface area contributed by atoms with Crippen LogP contribution in [0.25, 0.3) is 0 Å². The number of aromatic nitrogens is 2. The summed E-state index contributed by atoms with van der Waals surface area (Å²) in [7, 11) is 0. The van der Waals surface area contributed by atoms with Gasteiger partial charge in [0.05, 0.1) is 5.69 Å². The molecule has 0 amide bonds. The predicted molar refractivity (Wildman–Crippen MR) is 73.7 cm³/mol. The Balaban J connectivity index is 2.00. The highest BCUT2D eigenvalue weighted by molar-refractivity contribution is 5.40. The standard InChI is InChI=1S/C13H22FN5/c1-11-12(14)13(17-10-16-11)19-7-3-6-18(8-9-19)5-2-4-15/h10H,2-9,15H2,1H3. The number of anilines is 1. The third-order valence-corrected chi connectivity index (χ3v) is 3.51. The van der Waals surface area contributed by atoms with Gasteiger partial charge in [0.2, 0.25) is 0 Å². The largest absolute Gasteiger partial charge is 0.353 e. The number of hydrogen-bond acceptors (Lipinski definition) is 5. The molecule has 0 spiro atoms. The number of hydrogen-bond donors (Lipinski definition) is 1. The first-order chi connectivity index (χ1) is 9.22. The van der Waals surface area contributed by atoms with Gasteiger partial charge in [0.25, 0.3) is 0 Å². The number of nitrogens with two attached hydrogens (primary N) is 1. The predicted octanol–water partition coefficient (Wildman–Crippen LogP) is 0.785. The van der Waals surface area contributed by atoms with Gasteiger partial charge < -0.3 is 15.5 Å². The fraction of sp³-hybridized carbons (Fsp3) is 0.692. The zero-order valence-corrected chi connectivity index (χ0v) is 11.5. The summed E-state index contributed by atoms with van der Waals surface area (Å²) in [5.41, 5.74) is 5.95. The van der Waals surface area contributed by atoms with E-state index in [2.05, 4.69) is 14.9 Å². The van der Waals surface area contributed by atoms with Gasteiger partial charge in [-0.15, -0.1) is 0 Å². The van der Waals surface area contributed by atoms with Crippen molar-refractivity contribution in [3.63, 3.8) is 0 Å². The summed E-state index contributed by atoms with van der Waals surface area (Å²) in [4.78, 5) is 12.4. The van der Waals surface area contributed by atoms with E-state index in [9.17, 15) is 4.39 Å². The number of aryl methyl sites for hydroxylation is 1. The molecule has 19 heavy (non-hydrogen) atoms. The highest BCUT2D eigenvalue weighted by Gasteiger charge is 2.19. The van der Waals surface area contributed by atoms with Crippen LogP contribution in [0.4, 0.5) is 10.2 Å². The van der Waals surface area contributed by atoms with Gasteiger partial charge in [0.15, 0.2) is 11.6 Å². The second-order valence-electron chi connectivity index (χ2n) is 4.92. The monoisotopic (exact) mass is 267 g/mol. The van der Waals surface area contributed by atoms with E-state index >= 15 is 0 Å². The average molecular weight is 267 g/mol. The third kappa shape index (κ3) is 3.61. The maximum absolute atomic E-state index is 14.0. The van der Waals surface area contributed by atoms with Gasteiger partial charge >= 0.3 is 0 Å². The number of rotatable bonds is 4. The fourth-order valence-electron chi connectivity index (χ4n) is 2.39. The van der Waals surface area contributed by atoms with Crippen LogP contribution in [0.1, 0.15) is 18.5 Å².